The molecule has 0 spiro atoms. The van der Waals surface area contributed by atoms with E-state index in [1.54, 1.807) is 32.2 Å². The molecule has 8 nitrogen and oxygen atoms in total. The summed E-state index contributed by atoms with van der Waals surface area (Å²) >= 11 is 0. The normalized spacial score (nSPS) is 12.5. The van der Waals surface area contributed by atoms with Crippen LogP contribution in [0, 0.1) is 0 Å². The van der Waals surface area contributed by atoms with E-state index in [2.05, 4.69) is 10.0 Å². The minimum atomic E-state index is -3.51. The topological polar surface area (TPSA) is 103 Å². The predicted molar refractivity (Wildman–Crippen MR) is 94.4 cm³/mol. The third kappa shape index (κ3) is 7.29. The van der Waals surface area contributed by atoms with E-state index in [-0.39, 0.29) is 18.3 Å². The number of benzene rings is 1. The summed E-state index contributed by atoms with van der Waals surface area (Å²) in [5.41, 5.74) is 0.734. The molecule has 1 amide bonds. The Morgan fingerprint density at radius 1 is 1.20 bits per heavy atom. The van der Waals surface area contributed by atoms with Gasteiger partial charge in [0.25, 0.3) is 0 Å². The molecule has 1 rings (SSSR count). The average molecular weight is 374 g/mol. The van der Waals surface area contributed by atoms with E-state index >= 15 is 0 Å². The standard InChI is InChI=1S/C16H26N2O6S/c1-12(14-10-13(23-3)6-7-15(14)24-4)18-16(19)11-17-25(20,21)9-5-8-22-2/h6-7,10,12,17H,5,8-9,11H2,1-4H3,(H,18,19). The van der Waals surface area contributed by atoms with Gasteiger partial charge in [-0.15, -0.1) is 0 Å². The number of carbonyl (C=O) groups excluding carboxylic acids is 1. The van der Waals surface area contributed by atoms with Gasteiger partial charge < -0.3 is 19.5 Å². The lowest BCUT2D eigenvalue weighted by Gasteiger charge is -2.18. The molecule has 0 aliphatic carbocycles. The Balaban J connectivity index is 2.62. The van der Waals surface area contributed by atoms with Crippen LogP contribution in [0.3, 0.4) is 0 Å². The lowest BCUT2D eigenvalue weighted by atomic mass is 10.1. The van der Waals surface area contributed by atoms with Gasteiger partial charge in [-0.25, -0.2) is 13.1 Å². The van der Waals surface area contributed by atoms with Crippen molar-refractivity contribution in [3.8, 4) is 11.5 Å². The van der Waals surface area contributed by atoms with Crippen LogP contribution < -0.4 is 19.5 Å². The summed E-state index contributed by atoms with van der Waals surface area (Å²) in [5, 5.41) is 2.74. The molecule has 0 saturated heterocycles. The van der Waals surface area contributed by atoms with E-state index in [4.69, 9.17) is 14.2 Å². The zero-order chi connectivity index (χ0) is 18.9. The Morgan fingerprint density at radius 3 is 2.52 bits per heavy atom. The zero-order valence-electron chi connectivity index (χ0n) is 15.0. The van der Waals surface area contributed by atoms with Crippen molar-refractivity contribution in [1.29, 1.82) is 0 Å². The van der Waals surface area contributed by atoms with Crippen molar-refractivity contribution in [1.82, 2.24) is 10.0 Å². The Hall–Kier alpha value is -1.84. The summed E-state index contributed by atoms with van der Waals surface area (Å²) in [5.74, 6) is 0.713. The number of nitrogens with one attached hydrogen (secondary N) is 2. The number of hydrogen-bond donors (Lipinski definition) is 2. The Bertz CT molecular complexity index is 663. The zero-order valence-corrected chi connectivity index (χ0v) is 15.8. The van der Waals surface area contributed by atoms with Crippen molar-refractivity contribution in [3.05, 3.63) is 23.8 Å². The number of ether oxygens (including phenoxy) is 3. The molecule has 1 aromatic rings. The Labute approximate surface area is 148 Å². The number of rotatable bonds is 11. The van der Waals surface area contributed by atoms with Gasteiger partial charge in [-0.3, -0.25) is 4.79 Å². The summed E-state index contributed by atoms with van der Waals surface area (Å²) in [4.78, 5) is 12.0. The molecule has 1 unspecified atom stereocenters. The molecule has 0 aromatic heterocycles. The first-order valence-electron chi connectivity index (χ1n) is 7.80. The van der Waals surface area contributed by atoms with E-state index in [0.717, 1.165) is 5.56 Å². The van der Waals surface area contributed by atoms with Crippen LogP contribution in [0.2, 0.25) is 0 Å². The lowest BCUT2D eigenvalue weighted by Crippen LogP contribution is -2.39. The second kappa shape index (κ2) is 10.2. The number of methoxy groups -OCH3 is 3. The van der Waals surface area contributed by atoms with Crippen molar-refractivity contribution < 1.29 is 27.4 Å². The molecule has 0 bridgehead atoms. The van der Waals surface area contributed by atoms with Gasteiger partial charge in [-0.1, -0.05) is 0 Å². The third-order valence-corrected chi connectivity index (χ3v) is 4.91. The molecule has 142 valence electrons. The monoisotopic (exact) mass is 374 g/mol. The quantitative estimate of drug-likeness (QED) is 0.556. The van der Waals surface area contributed by atoms with Gasteiger partial charge in [0, 0.05) is 19.3 Å². The molecule has 0 heterocycles. The second-order valence-corrected chi connectivity index (χ2v) is 7.31. The van der Waals surface area contributed by atoms with Gasteiger partial charge in [-0.2, -0.15) is 0 Å². The number of hydrogen-bond acceptors (Lipinski definition) is 6. The van der Waals surface area contributed by atoms with Crippen LogP contribution in [0.25, 0.3) is 0 Å². The predicted octanol–water partition coefficient (Wildman–Crippen LogP) is 0.837. The summed E-state index contributed by atoms with van der Waals surface area (Å²) in [7, 11) is 1.08. The van der Waals surface area contributed by atoms with Crippen LogP contribution in [-0.2, 0) is 19.6 Å². The molecule has 2 N–H and O–H groups in total. The van der Waals surface area contributed by atoms with Gasteiger partial charge in [-0.05, 0) is 31.5 Å². The molecule has 9 heteroatoms. The molecule has 0 aliphatic rings. The molecule has 0 aliphatic heterocycles. The highest BCUT2D eigenvalue weighted by Gasteiger charge is 2.17. The smallest absolute Gasteiger partial charge is 0.235 e. The maximum Gasteiger partial charge on any atom is 0.235 e. The largest absolute Gasteiger partial charge is 0.497 e. The summed E-state index contributed by atoms with van der Waals surface area (Å²) in [6.07, 6.45) is 0.366. The first-order valence-corrected chi connectivity index (χ1v) is 9.45. The molecule has 1 atom stereocenters. The number of amides is 1. The van der Waals surface area contributed by atoms with Crippen molar-refractivity contribution in [2.24, 2.45) is 0 Å². The van der Waals surface area contributed by atoms with Gasteiger partial charge in [0.2, 0.25) is 15.9 Å². The fraction of sp³-hybridized carbons (Fsp3) is 0.562. The third-order valence-electron chi connectivity index (χ3n) is 3.50. The molecular weight excluding hydrogens is 348 g/mol. The van der Waals surface area contributed by atoms with E-state index in [1.165, 1.54) is 14.2 Å². The van der Waals surface area contributed by atoms with Crippen LogP contribution in [0.15, 0.2) is 18.2 Å². The van der Waals surface area contributed by atoms with Crippen molar-refractivity contribution in [3.63, 3.8) is 0 Å². The number of sulfonamides is 1. The molecule has 0 fully saturated rings. The minimum Gasteiger partial charge on any atom is -0.497 e. The fourth-order valence-electron chi connectivity index (χ4n) is 2.19. The molecule has 1 aromatic carbocycles. The highest BCUT2D eigenvalue weighted by molar-refractivity contribution is 7.89. The molecule has 0 radical (unpaired) electrons. The highest BCUT2D eigenvalue weighted by Crippen LogP contribution is 2.29. The SMILES string of the molecule is COCCCS(=O)(=O)NCC(=O)NC(C)c1cc(OC)ccc1OC. The lowest BCUT2D eigenvalue weighted by molar-refractivity contribution is -0.120. The Kier molecular flexibility index (Phi) is 8.67. The van der Waals surface area contributed by atoms with Crippen LogP contribution in [0.5, 0.6) is 11.5 Å². The van der Waals surface area contributed by atoms with E-state index in [0.29, 0.717) is 24.5 Å². The first-order chi connectivity index (χ1) is 11.8. The Morgan fingerprint density at radius 2 is 1.92 bits per heavy atom. The maximum atomic E-state index is 12.0. The van der Waals surface area contributed by atoms with E-state index in [1.807, 2.05) is 0 Å². The van der Waals surface area contributed by atoms with Gasteiger partial charge >= 0.3 is 0 Å². The van der Waals surface area contributed by atoms with Crippen molar-refractivity contribution >= 4 is 15.9 Å². The summed E-state index contributed by atoms with van der Waals surface area (Å²) < 4.78 is 41.1. The number of carbonyl (C=O) groups is 1. The maximum absolute atomic E-state index is 12.0. The van der Waals surface area contributed by atoms with E-state index < -0.39 is 15.9 Å². The van der Waals surface area contributed by atoms with Crippen LogP contribution in [0.1, 0.15) is 24.9 Å². The highest BCUT2D eigenvalue weighted by atomic mass is 32.2. The van der Waals surface area contributed by atoms with Crippen LogP contribution in [-0.4, -0.2) is 54.6 Å². The van der Waals surface area contributed by atoms with Crippen LogP contribution >= 0.6 is 0 Å². The first kappa shape index (κ1) is 21.2. The van der Waals surface area contributed by atoms with Crippen molar-refractivity contribution in [2.75, 3.05) is 40.2 Å². The molecule has 25 heavy (non-hydrogen) atoms. The van der Waals surface area contributed by atoms with Crippen LogP contribution in [0.4, 0.5) is 0 Å². The summed E-state index contributed by atoms with van der Waals surface area (Å²) in [6.45, 7) is 1.80. The molecular formula is C16H26N2O6S. The fourth-order valence-corrected chi connectivity index (χ4v) is 3.18. The van der Waals surface area contributed by atoms with Gasteiger partial charge in [0.1, 0.15) is 11.5 Å². The van der Waals surface area contributed by atoms with Crippen molar-refractivity contribution in [2.45, 2.75) is 19.4 Å². The van der Waals surface area contributed by atoms with E-state index in [9.17, 15) is 13.2 Å². The summed E-state index contributed by atoms with van der Waals surface area (Å²) in [6, 6.07) is 4.88. The minimum absolute atomic E-state index is 0.0899. The van der Waals surface area contributed by atoms with Gasteiger partial charge in [0.05, 0.1) is 32.6 Å². The second-order valence-electron chi connectivity index (χ2n) is 5.38. The molecule has 0 saturated carbocycles. The van der Waals surface area contributed by atoms with Gasteiger partial charge in [0.15, 0.2) is 0 Å². The average Bonchev–Trinajstić information content (AvgIpc) is 2.59.